The van der Waals surface area contributed by atoms with Gasteiger partial charge in [-0.2, -0.15) is 0 Å². The summed E-state index contributed by atoms with van der Waals surface area (Å²) in [5.74, 6) is 1.29. The molecule has 148 valence electrons. The average molecular weight is 391 g/mol. The van der Waals surface area contributed by atoms with Crippen LogP contribution in [0.5, 0.6) is 17.2 Å². The molecule has 6 nitrogen and oxygen atoms in total. The molecule has 0 aromatic heterocycles. The van der Waals surface area contributed by atoms with Crippen molar-refractivity contribution >= 4 is 29.0 Å². The quantitative estimate of drug-likeness (QED) is 0.311. The van der Waals surface area contributed by atoms with Gasteiger partial charge in [-0.25, -0.2) is 0 Å². The van der Waals surface area contributed by atoms with Crippen molar-refractivity contribution in [2.24, 2.45) is 0 Å². The van der Waals surface area contributed by atoms with Gasteiger partial charge in [0.1, 0.15) is 0 Å². The Morgan fingerprint density at radius 2 is 1.55 bits per heavy atom. The standard InChI is InChI=1S/C23H21NO5/c1-27-21-15-19(12-13-24(25)26)20(22(28-2)23(21)29-3)11-9-16-8-10-17-6-4-5-7-18(17)14-16/h4-15H,1-3H3/b11-9+,13-12+. The lowest BCUT2D eigenvalue weighted by atomic mass is 10.0. The molecule has 0 aliphatic rings. The summed E-state index contributed by atoms with van der Waals surface area (Å²) in [5.41, 5.74) is 2.22. The second-order valence-corrected chi connectivity index (χ2v) is 6.19. The minimum atomic E-state index is -0.514. The summed E-state index contributed by atoms with van der Waals surface area (Å²) in [6, 6.07) is 15.9. The van der Waals surface area contributed by atoms with Gasteiger partial charge in [0.05, 0.1) is 26.3 Å². The van der Waals surface area contributed by atoms with Crippen molar-refractivity contribution in [3.8, 4) is 17.2 Å². The van der Waals surface area contributed by atoms with Crippen molar-refractivity contribution in [1.29, 1.82) is 0 Å². The monoisotopic (exact) mass is 391 g/mol. The van der Waals surface area contributed by atoms with Gasteiger partial charge in [0.25, 0.3) is 0 Å². The molecule has 0 aliphatic carbocycles. The van der Waals surface area contributed by atoms with Crippen molar-refractivity contribution in [1.82, 2.24) is 0 Å². The summed E-state index contributed by atoms with van der Waals surface area (Å²) in [5, 5.41) is 13.1. The Balaban J connectivity index is 2.13. The van der Waals surface area contributed by atoms with Crippen LogP contribution in [-0.4, -0.2) is 26.3 Å². The van der Waals surface area contributed by atoms with Crippen LogP contribution in [0.3, 0.4) is 0 Å². The molecule has 0 unspecified atom stereocenters. The van der Waals surface area contributed by atoms with E-state index in [4.69, 9.17) is 14.2 Å². The fourth-order valence-corrected chi connectivity index (χ4v) is 3.14. The first-order valence-corrected chi connectivity index (χ1v) is 8.89. The van der Waals surface area contributed by atoms with Crippen molar-refractivity contribution in [3.63, 3.8) is 0 Å². The Kier molecular flexibility index (Phi) is 6.14. The van der Waals surface area contributed by atoms with Gasteiger partial charge in [0, 0.05) is 11.6 Å². The largest absolute Gasteiger partial charge is 0.493 e. The summed E-state index contributed by atoms with van der Waals surface area (Å²) >= 11 is 0. The van der Waals surface area contributed by atoms with Crippen LogP contribution in [0, 0.1) is 10.1 Å². The zero-order valence-corrected chi connectivity index (χ0v) is 16.4. The summed E-state index contributed by atoms with van der Waals surface area (Å²) in [4.78, 5) is 10.3. The van der Waals surface area contributed by atoms with Crippen molar-refractivity contribution in [2.75, 3.05) is 21.3 Å². The number of benzene rings is 3. The number of nitrogens with zero attached hydrogens (tertiary/aromatic N) is 1. The van der Waals surface area contributed by atoms with Crippen molar-refractivity contribution < 1.29 is 19.1 Å². The third kappa shape index (κ3) is 4.38. The molecule has 0 N–H and O–H groups in total. The summed E-state index contributed by atoms with van der Waals surface area (Å²) in [7, 11) is 4.54. The molecule has 3 rings (SSSR count). The molecule has 0 heterocycles. The van der Waals surface area contributed by atoms with Gasteiger partial charge in [0.2, 0.25) is 11.9 Å². The molecule has 0 spiro atoms. The second-order valence-electron chi connectivity index (χ2n) is 6.19. The smallest absolute Gasteiger partial charge is 0.235 e. The van der Waals surface area contributed by atoms with E-state index in [1.165, 1.54) is 27.4 Å². The Labute approximate surface area is 168 Å². The van der Waals surface area contributed by atoms with Crippen molar-refractivity contribution in [3.05, 3.63) is 81.5 Å². The SMILES string of the molecule is COc1cc(/C=C/[N+](=O)[O-])c(/C=C/c2ccc3ccccc3c2)c(OC)c1OC. The number of rotatable bonds is 7. The molecule has 3 aromatic carbocycles. The van der Waals surface area contributed by atoms with Gasteiger partial charge in [-0.05, 0) is 40.1 Å². The molecule has 0 aliphatic heterocycles. The summed E-state index contributed by atoms with van der Waals surface area (Å²) < 4.78 is 16.4. The molecular weight excluding hydrogens is 370 g/mol. The Hall–Kier alpha value is -3.80. The molecule has 0 atom stereocenters. The Morgan fingerprint density at radius 3 is 2.21 bits per heavy atom. The average Bonchev–Trinajstić information content (AvgIpc) is 2.75. The Bertz CT molecular complexity index is 1100. The van der Waals surface area contributed by atoms with E-state index in [0.717, 1.165) is 22.5 Å². The third-order valence-corrected chi connectivity index (χ3v) is 4.49. The lowest BCUT2D eigenvalue weighted by molar-refractivity contribution is -0.400. The van der Waals surface area contributed by atoms with E-state index in [9.17, 15) is 10.1 Å². The molecule has 0 radical (unpaired) electrons. The molecule has 0 saturated carbocycles. The lowest BCUT2D eigenvalue weighted by Crippen LogP contribution is -1.99. The third-order valence-electron chi connectivity index (χ3n) is 4.49. The number of fused-ring (bicyclic) bond motifs is 1. The number of nitro groups is 1. The highest BCUT2D eigenvalue weighted by atomic mass is 16.6. The van der Waals surface area contributed by atoms with Gasteiger partial charge in [0.15, 0.2) is 11.5 Å². The highest BCUT2D eigenvalue weighted by Gasteiger charge is 2.18. The van der Waals surface area contributed by atoms with Crippen LogP contribution in [0.2, 0.25) is 0 Å². The molecule has 0 bridgehead atoms. The van der Waals surface area contributed by atoms with Crippen LogP contribution in [0.1, 0.15) is 16.7 Å². The van der Waals surface area contributed by atoms with E-state index in [-0.39, 0.29) is 0 Å². The predicted octanol–water partition coefficient (Wildman–Crippen LogP) is 5.28. The van der Waals surface area contributed by atoms with Crippen LogP contribution in [-0.2, 0) is 0 Å². The second kappa shape index (κ2) is 8.93. The fraction of sp³-hybridized carbons (Fsp3) is 0.130. The molecular formula is C23H21NO5. The van der Waals surface area contributed by atoms with E-state index in [1.54, 1.807) is 6.07 Å². The van der Waals surface area contributed by atoms with Crippen LogP contribution >= 0.6 is 0 Å². The minimum absolute atomic E-state index is 0.423. The summed E-state index contributed by atoms with van der Waals surface area (Å²) in [6.07, 6.45) is 6.07. The maximum Gasteiger partial charge on any atom is 0.235 e. The topological polar surface area (TPSA) is 70.8 Å². The minimum Gasteiger partial charge on any atom is -0.493 e. The highest BCUT2D eigenvalue weighted by molar-refractivity contribution is 5.87. The van der Waals surface area contributed by atoms with Gasteiger partial charge in [-0.1, -0.05) is 42.5 Å². The highest BCUT2D eigenvalue weighted by Crippen LogP contribution is 2.43. The maximum absolute atomic E-state index is 10.8. The van der Waals surface area contributed by atoms with E-state index in [1.807, 2.05) is 36.4 Å². The predicted molar refractivity (Wildman–Crippen MR) is 115 cm³/mol. The number of hydrogen-bond acceptors (Lipinski definition) is 5. The lowest BCUT2D eigenvalue weighted by Gasteiger charge is -2.16. The molecule has 29 heavy (non-hydrogen) atoms. The van der Waals surface area contributed by atoms with Gasteiger partial charge in [-0.3, -0.25) is 10.1 Å². The van der Waals surface area contributed by atoms with Crippen molar-refractivity contribution in [2.45, 2.75) is 0 Å². The van der Waals surface area contributed by atoms with Crippen LogP contribution in [0.25, 0.3) is 29.0 Å². The zero-order valence-electron chi connectivity index (χ0n) is 16.4. The number of ether oxygens (including phenoxy) is 3. The molecule has 0 saturated heterocycles. The number of methoxy groups -OCH3 is 3. The number of hydrogen-bond donors (Lipinski definition) is 0. The normalized spacial score (nSPS) is 11.3. The molecule has 3 aromatic rings. The van der Waals surface area contributed by atoms with Gasteiger partial charge < -0.3 is 14.2 Å². The zero-order chi connectivity index (χ0) is 20.8. The van der Waals surface area contributed by atoms with E-state index < -0.39 is 4.92 Å². The van der Waals surface area contributed by atoms with Crippen LogP contribution < -0.4 is 14.2 Å². The van der Waals surface area contributed by atoms with E-state index in [2.05, 4.69) is 18.2 Å². The fourth-order valence-electron chi connectivity index (χ4n) is 3.14. The van der Waals surface area contributed by atoms with E-state index in [0.29, 0.717) is 28.4 Å². The molecule has 6 heteroatoms. The van der Waals surface area contributed by atoms with Gasteiger partial charge in [-0.15, -0.1) is 0 Å². The first kappa shape index (κ1) is 19.9. The van der Waals surface area contributed by atoms with Crippen LogP contribution in [0.4, 0.5) is 0 Å². The van der Waals surface area contributed by atoms with Crippen LogP contribution in [0.15, 0.2) is 54.7 Å². The van der Waals surface area contributed by atoms with E-state index >= 15 is 0 Å². The van der Waals surface area contributed by atoms with Gasteiger partial charge >= 0.3 is 0 Å². The summed E-state index contributed by atoms with van der Waals surface area (Å²) in [6.45, 7) is 0. The first-order valence-electron chi connectivity index (χ1n) is 8.89. The maximum atomic E-state index is 10.8. The molecule has 0 amide bonds. The Morgan fingerprint density at radius 1 is 0.828 bits per heavy atom. The first-order chi connectivity index (χ1) is 14.1. The molecule has 0 fully saturated rings.